The van der Waals surface area contributed by atoms with E-state index in [0.717, 1.165) is 0 Å². The molecule has 0 aliphatic heterocycles. The second kappa shape index (κ2) is 7.80. The second-order valence-electron chi connectivity index (χ2n) is 5.67. The third-order valence-electron chi connectivity index (χ3n) is 4.11. The number of urea groups is 1. The van der Waals surface area contributed by atoms with Gasteiger partial charge in [0.1, 0.15) is 11.6 Å². The van der Waals surface area contributed by atoms with Crippen LogP contribution in [0.25, 0.3) is 0 Å². The van der Waals surface area contributed by atoms with E-state index in [-0.39, 0.29) is 24.5 Å². The standard InChI is InChI=1S/C16H21FN2O4/c1-23-13-7-4-11(14(17)8-13)9-18-16(22)19-12-5-2-10(3-6-12)15(20)21/h4,7-8,10,12H,2-3,5-6,9H2,1H3,(H,20,21)(H2,18,19,22). The van der Waals surface area contributed by atoms with Crippen LogP contribution in [-0.2, 0) is 11.3 Å². The highest BCUT2D eigenvalue weighted by atomic mass is 19.1. The number of aliphatic carboxylic acids is 1. The van der Waals surface area contributed by atoms with Crippen molar-refractivity contribution >= 4 is 12.0 Å². The predicted molar refractivity (Wildman–Crippen MR) is 81.7 cm³/mol. The molecule has 0 heterocycles. The molecule has 3 N–H and O–H groups in total. The fourth-order valence-corrected chi connectivity index (χ4v) is 2.70. The Labute approximate surface area is 134 Å². The van der Waals surface area contributed by atoms with Gasteiger partial charge in [-0.1, -0.05) is 6.07 Å². The van der Waals surface area contributed by atoms with Gasteiger partial charge in [-0.3, -0.25) is 4.79 Å². The van der Waals surface area contributed by atoms with Crippen molar-refractivity contribution in [3.05, 3.63) is 29.6 Å². The van der Waals surface area contributed by atoms with Gasteiger partial charge in [-0.15, -0.1) is 0 Å². The van der Waals surface area contributed by atoms with Crippen LogP contribution in [0.5, 0.6) is 5.75 Å². The fourth-order valence-electron chi connectivity index (χ4n) is 2.70. The van der Waals surface area contributed by atoms with Crippen LogP contribution in [0.15, 0.2) is 18.2 Å². The maximum atomic E-state index is 13.8. The largest absolute Gasteiger partial charge is 0.497 e. The number of carbonyl (C=O) groups excluding carboxylic acids is 1. The molecule has 0 unspecified atom stereocenters. The molecule has 0 atom stereocenters. The summed E-state index contributed by atoms with van der Waals surface area (Å²) in [7, 11) is 1.46. The highest BCUT2D eigenvalue weighted by molar-refractivity contribution is 5.74. The molecular weight excluding hydrogens is 303 g/mol. The minimum absolute atomic E-state index is 0.0358. The predicted octanol–water partition coefficient (Wildman–Crippen LogP) is 2.28. The van der Waals surface area contributed by atoms with Crippen molar-refractivity contribution < 1.29 is 23.8 Å². The van der Waals surface area contributed by atoms with E-state index in [2.05, 4.69) is 10.6 Å². The van der Waals surface area contributed by atoms with E-state index in [9.17, 15) is 14.0 Å². The molecule has 7 heteroatoms. The number of halogens is 1. The van der Waals surface area contributed by atoms with Gasteiger partial charge < -0.3 is 20.5 Å². The van der Waals surface area contributed by atoms with Gasteiger partial charge in [-0.25, -0.2) is 9.18 Å². The van der Waals surface area contributed by atoms with E-state index in [1.807, 2.05) is 0 Å². The molecule has 0 bridgehead atoms. The summed E-state index contributed by atoms with van der Waals surface area (Å²) in [6.07, 6.45) is 2.41. The van der Waals surface area contributed by atoms with Crippen molar-refractivity contribution in [2.45, 2.75) is 38.3 Å². The Morgan fingerprint density at radius 3 is 2.57 bits per heavy atom. The Morgan fingerprint density at radius 1 is 1.30 bits per heavy atom. The number of methoxy groups -OCH3 is 1. The van der Waals surface area contributed by atoms with Crippen LogP contribution < -0.4 is 15.4 Å². The number of carboxylic acid groups (broad SMARTS) is 1. The van der Waals surface area contributed by atoms with Crippen LogP contribution in [0.4, 0.5) is 9.18 Å². The van der Waals surface area contributed by atoms with E-state index >= 15 is 0 Å². The summed E-state index contributed by atoms with van der Waals surface area (Å²) in [6.45, 7) is 0.0755. The first-order valence-electron chi connectivity index (χ1n) is 7.59. The molecule has 126 valence electrons. The minimum Gasteiger partial charge on any atom is -0.497 e. The van der Waals surface area contributed by atoms with Crippen LogP contribution >= 0.6 is 0 Å². The van der Waals surface area contributed by atoms with Crippen LogP contribution in [0.3, 0.4) is 0 Å². The van der Waals surface area contributed by atoms with Crippen molar-refractivity contribution in [1.29, 1.82) is 0 Å². The number of hydrogen-bond donors (Lipinski definition) is 3. The summed E-state index contributed by atoms with van der Waals surface area (Å²) in [5.74, 6) is -1.11. The number of hydrogen-bond acceptors (Lipinski definition) is 3. The molecule has 0 spiro atoms. The van der Waals surface area contributed by atoms with E-state index in [4.69, 9.17) is 9.84 Å². The first-order chi connectivity index (χ1) is 11.0. The summed E-state index contributed by atoms with van der Waals surface area (Å²) >= 11 is 0. The lowest BCUT2D eigenvalue weighted by Gasteiger charge is -2.26. The number of carbonyl (C=O) groups is 2. The quantitative estimate of drug-likeness (QED) is 0.775. The molecule has 1 aromatic rings. The molecule has 0 saturated heterocycles. The molecule has 2 amide bonds. The number of rotatable bonds is 5. The molecule has 0 radical (unpaired) electrons. The maximum absolute atomic E-state index is 13.8. The van der Waals surface area contributed by atoms with Crippen molar-refractivity contribution in [2.75, 3.05) is 7.11 Å². The molecule has 1 saturated carbocycles. The summed E-state index contributed by atoms with van der Waals surface area (Å²) in [4.78, 5) is 22.7. The average Bonchev–Trinajstić information content (AvgIpc) is 2.54. The Bertz CT molecular complexity index is 571. The molecule has 1 fully saturated rings. The first kappa shape index (κ1) is 17.1. The lowest BCUT2D eigenvalue weighted by molar-refractivity contribution is -0.142. The topological polar surface area (TPSA) is 87.7 Å². The van der Waals surface area contributed by atoms with Crippen LogP contribution in [0.2, 0.25) is 0 Å². The van der Waals surface area contributed by atoms with Crippen LogP contribution in [-0.4, -0.2) is 30.3 Å². The zero-order chi connectivity index (χ0) is 16.8. The Morgan fingerprint density at radius 2 is 2.00 bits per heavy atom. The third kappa shape index (κ3) is 4.84. The zero-order valence-corrected chi connectivity index (χ0v) is 13.0. The molecule has 1 aromatic carbocycles. The molecule has 1 aliphatic carbocycles. The second-order valence-corrected chi connectivity index (χ2v) is 5.67. The zero-order valence-electron chi connectivity index (χ0n) is 13.0. The molecular formula is C16H21FN2O4. The summed E-state index contributed by atoms with van der Waals surface area (Å²) < 4.78 is 18.7. The Balaban J connectivity index is 1.76. The number of nitrogens with one attached hydrogen (secondary N) is 2. The fraction of sp³-hybridized carbons (Fsp3) is 0.500. The molecule has 0 aromatic heterocycles. The smallest absolute Gasteiger partial charge is 0.315 e. The third-order valence-corrected chi connectivity index (χ3v) is 4.11. The van der Waals surface area contributed by atoms with Gasteiger partial charge in [-0.05, 0) is 31.7 Å². The minimum atomic E-state index is -0.775. The van der Waals surface area contributed by atoms with Crippen molar-refractivity contribution in [3.63, 3.8) is 0 Å². The molecule has 23 heavy (non-hydrogen) atoms. The maximum Gasteiger partial charge on any atom is 0.315 e. The summed E-state index contributed by atoms with van der Waals surface area (Å²) in [6, 6.07) is 4.05. The van der Waals surface area contributed by atoms with E-state index in [1.54, 1.807) is 12.1 Å². The number of amides is 2. The van der Waals surface area contributed by atoms with Crippen molar-refractivity contribution in [3.8, 4) is 5.75 Å². The van der Waals surface area contributed by atoms with Gasteiger partial charge in [0.05, 0.1) is 13.0 Å². The number of benzene rings is 1. The summed E-state index contributed by atoms with van der Waals surface area (Å²) in [5.41, 5.74) is 0.371. The highest BCUT2D eigenvalue weighted by Gasteiger charge is 2.26. The SMILES string of the molecule is COc1ccc(CNC(=O)NC2CCC(C(=O)O)CC2)c(F)c1. The first-order valence-corrected chi connectivity index (χ1v) is 7.59. The number of ether oxygens (including phenoxy) is 1. The van der Waals surface area contributed by atoms with Crippen LogP contribution in [0, 0.1) is 11.7 Å². The normalized spacial score (nSPS) is 20.6. The Kier molecular flexibility index (Phi) is 5.78. The van der Waals surface area contributed by atoms with Gasteiger partial charge in [0.15, 0.2) is 0 Å². The van der Waals surface area contributed by atoms with Gasteiger partial charge in [0.2, 0.25) is 0 Å². The van der Waals surface area contributed by atoms with Crippen molar-refractivity contribution in [2.24, 2.45) is 5.92 Å². The molecule has 1 aliphatic rings. The van der Waals surface area contributed by atoms with E-state index in [0.29, 0.717) is 37.0 Å². The van der Waals surface area contributed by atoms with Gasteiger partial charge in [0.25, 0.3) is 0 Å². The summed E-state index contributed by atoms with van der Waals surface area (Å²) in [5, 5.41) is 14.3. The Hall–Kier alpha value is -2.31. The van der Waals surface area contributed by atoms with E-state index in [1.165, 1.54) is 13.2 Å². The van der Waals surface area contributed by atoms with Crippen molar-refractivity contribution in [1.82, 2.24) is 10.6 Å². The molecule has 2 rings (SSSR count). The van der Waals surface area contributed by atoms with Gasteiger partial charge in [0, 0.05) is 24.2 Å². The van der Waals surface area contributed by atoms with Crippen LogP contribution in [0.1, 0.15) is 31.2 Å². The highest BCUT2D eigenvalue weighted by Crippen LogP contribution is 2.24. The van der Waals surface area contributed by atoms with E-state index < -0.39 is 11.8 Å². The molecule has 6 nitrogen and oxygen atoms in total. The van der Waals surface area contributed by atoms with Gasteiger partial charge >= 0.3 is 12.0 Å². The average molecular weight is 324 g/mol. The lowest BCUT2D eigenvalue weighted by atomic mass is 9.86. The number of carboxylic acids is 1. The van der Waals surface area contributed by atoms with Gasteiger partial charge in [-0.2, -0.15) is 0 Å². The lowest BCUT2D eigenvalue weighted by Crippen LogP contribution is -2.44. The monoisotopic (exact) mass is 324 g/mol.